The molecule has 1 amide bonds. The van der Waals surface area contributed by atoms with Crippen LogP contribution in [0.5, 0.6) is 0 Å². The number of aromatic nitrogens is 3. The Hall–Kier alpha value is -3.55. The Morgan fingerprint density at radius 2 is 1.65 bits per heavy atom. The number of ether oxygens (including phenoxy) is 1. The van der Waals surface area contributed by atoms with Gasteiger partial charge < -0.3 is 9.84 Å². The first-order chi connectivity index (χ1) is 15.1. The molecule has 1 fully saturated rings. The fraction of sp³-hybridized carbons (Fsp3) is 0.208. The van der Waals surface area contributed by atoms with Crippen LogP contribution in [-0.2, 0) is 16.0 Å². The monoisotopic (exact) mass is 414 g/mol. The highest BCUT2D eigenvalue weighted by atomic mass is 16.5. The molecule has 3 aromatic rings. The van der Waals surface area contributed by atoms with Crippen molar-refractivity contribution in [3.63, 3.8) is 0 Å². The Morgan fingerprint density at radius 1 is 1.00 bits per heavy atom. The summed E-state index contributed by atoms with van der Waals surface area (Å²) in [4.78, 5) is 15.3. The molecule has 2 aliphatic rings. The molecule has 2 aromatic carbocycles. The second-order valence-corrected chi connectivity index (χ2v) is 7.67. The summed E-state index contributed by atoms with van der Waals surface area (Å²) in [7, 11) is 0. The molecule has 0 bridgehead atoms. The van der Waals surface area contributed by atoms with Gasteiger partial charge in [-0.05, 0) is 36.4 Å². The van der Waals surface area contributed by atoms with Crippen LogP contribution in [0.25, 0.3) is 5.69 Å². The first kappa shape index (κ1) is 19.4. The molecule has 1 aromatic heterocycles. The topological polar surface area (TPSA) is 80.5 Å². The highest BCUT2D eigenvalue weighted by Crippen LogP contribution is 2.36. The molecule has 1 aliphatic heterocycles. The lowest BCUT2D eigenvalue weighted by molar-refractivity contribution is -0.137. The van der Waals surface area contributed by atoms with Gasteiger partial charge >= 0.3 is 0 Å². The molecule has 1 atom stereocenters. The molecule has 1 N–H and O–H groups in total. The minimum absolute atomic E-state index is 0.0580. The highest BCUT2D eigenvalue weighted by molar-refractivity contribution is 5.98. The number of aliphatic hydroxyl groups is 1. The number of para-hydroxylation sites is 2. The van der Waals surface area contributed by atoms with E-state index in [1.807, 2.05) is 66.9 Å². The third-order valence-corrected chi connectivity index (χ3v) is 5.53. The van der Waals surface area contributed by atoms with Crippen LogP contribution in [0.2, 0.25) is 0 Å². The van der Waals surface area contributed by atoms with Gasteiger partial charge in [-0.25, -0.2) is 4.68 Å². The summed E-state index contributed by atoms with van der Waals surface area (Å²) in [5.41, 5.74) is 1.32. The van der Waals surface area contributed by atoms with E-state index in [0.717, 1.165) is 17.1 Å². The van der Waals surface area contributed by atoms with E-state index in [2.05, 4.69) is 10.3 Å². The molecule has 7 heteroatoms. The molecule has 7 nitrogen and oxygen atoms in total. The van der Waals surface area contributed by atoms with Crippen molar-refractivity contribution >= 4 is 11.6 Å². The largest absolute Gasteiger partial charge is 0.385 e. The molecular formula is C24H22N4O3. The number of aliphatic hydroxyl groups excluding tert-OH is 1. The standard InChI is InChI=1S/C24H22N4O3/c29-22-11-13-24(14-12-22)28(21-9-5-2-6-10-21)23(30)18(17-31-24)15-19-16-27(26-25-19)20-7-3-1-4-8-20/h1-14,16,18,22,29H,15,17H2. The first-order valence-corrected chi connectivity index (χ1v) is 10.2. The fourth-order valence-corrected chi connectivity index (χ4v) is 3.97. The highest BCUT2D eigenvalue weighted by Gasteiger charge is 2.46. The second-order valence-electron chi connectivity index (χ2n) is 7.67. The Bertz CT molecular complexity index is 1110. The van der Waals surface area contributed by atoms with E-state index in [0.29, 0.717) is 6.42 Å². The molecule has 1 unspecified atom stereocenters. The lowest BCUT2D eigenvalue weighted by Crippen LogP contribution is -2.60. The lowest BCUT2D eigenvalue weighted by Gasteiger charge is -2.46. The van der Waals surface area contributed by atoms with Crippen molar-refractivity contribution in [2.45, 2.75) is 18.2 Å². The molecule has 31 heavy (non-hydrogen) atoms. The van der Waals surface area contributed by atoms with Gasteiger partial charge in [-0.1, -0.05) is 53.8 Å². The summed E-state index contributed by atoms with van der Waals surface area (Å²) < 4.78 is 7.94. The van der Waals surface area contributed by atoms with E-state index in [9.17, 15) is 9.90 Å². The van der Waals surface area contributed by atoms with Crippen molar-refractivity contribution in [3.8, 4) is 5.69 Å². The van der Waals surface area contributed by atoms with Crippen LogP contribution in [0.1, 0.15) is 5.69 Å². The van der Waals surface area contributed by atoms with Crippen LogP contribution >= 0.6 is 0 Å². The number of rotatable bonds is 4. The molecule has 1 saturated heterocycles. The van der Waals surface area contributed by atoms with Crippen molar-refractivity contribution in [1.82, 2.24) is 15.0 Å². The van der Waals surface area contributed by atoms with Crippen molar-refractivity contribution in [3.05, 3.63) is 96.9 Å². The maximum absolute atomic E-state index is 13.6. The van der Waals surface area contributed by atoms with Crippen LogP contribution in [0.15, 0.2) is 91.2 Å². The molecule has 5 rings (SSSR count). The Labute approximate surface area is 179 Å². The number of anilines is 1. The van der Waals surface area contributed by atoms with Gasteiger partial charge in [0.1, 0.15) is 0 Å². The zero-order valence-corrected chi connectivity index (χ0v) is 16.8. The number of carbonyl (C=O) groups excluding carboxylic acids is 1. The van der Waals surface area contributed by atoms with Gasteiger partial charge in [0.25, 0.3) is 0 Å². The molecule has 156 valence electrons. The van der Waals surface area contributed by atoms with Crippen LogP contribution in [0.3, 0.4) is 0 Å². The Morgan fingerprint density at radius 3 is 2.32 bits per heavy atom. The fourth-order valence-electron chi connectivity index (χ4n) is 3.97. The number of hydrogen-bond donors (Lipinski definition) is 1. The number of benzene rings is 2. The maximum atomic E-state index is 13.6. The third kappa shape index (κ3) is 3.69. The van der Waals surface area contributed by atoms with E-state index < -0.39 is 17.7 Å². The van der Waals surface area contributed by atoms with Crippen LogP contribution in [0.4, 0.5) is 5.69 Å². The molecular weight excluding hydrogens is 392 g/mol. The Balaban J connectivity index is 1.42. The molecule has 1 spiro atoms. The van der Waals surface area contributed by atoms with Crippen molar-refractivity contribution in [2.75, 3.05) is 11.5 Å². The van der Waals surface area contributed by atoms with Crippen LogP contribution in [0, 0.1) is 5.92 Å². The predicted molar refractivity (Wildman–Crippen MR) is 115 cm³/mol. The molecule has 1 aliphatic carbocycles. The van der Waals surface area contributed by atoms with E-state index in [1.54, 1.807) is 33.9 Å². The van der Waals surface area contributed by atoms with Gasteiger partial charge in [-0.2, -0.15) is 0 Å². The Kier molecular flexibility index (Phi) is 4.97. The average molecular weight is 414 g/mol. The van der Waals surface area contributed by atoms with E-state index >= 15 is 0 Å². The van der Waals surface area contributed by atoms with Gasteiger partial charge in [-0.15, -0.1) is 5.10 Å². The van der Waals surface area contributed by atoms with Gasteiger partial charge in [0.2, 0.25) is 5.91 Å². The average Bonchev–Trinajstić information content (AvgIpc) is 3.28. The smallest absolute Gasteiger partial charge is 0.235 e. The number of nitrogens with zero attached hydrogens (tertiary/aromatic N) is 4. The van der Waals surface area contributed by atoms with Gasteiger partial charge in [0.15, 0.2) is 5.72 Å². The zero-order chi connectivity index (χ0) is 21.3. The normalized spacial score (nSPS) is 25.3. The van der Waals surface area contributed by atoms with Gasteiger partial charge in [0, 0.05) is 12.1 Å². The van der Waals surface area contributed by atoms with Gasteiger partial charge in [-0.3, -0.25) is 9.69 Å². The number of amides is 1. The molecule has 0 radical (unpaired) electrons. The van der Waals surface area contributed by atoms with E-state index in [-0.39, 0.29) is 12.5 Å². The SMILES string of the molecule is O=C1C(Cc2cn(-c3ccccc3)nn2)COC2(C=CC(O)C=C2)N1c1ccccc1. The minimum atomic E-state index is -1.05. The molecule has 2 heterocycles. The minimum Gasteiger partial charge on any atom is -0.385 e. The maximum Gasteiger partial charge on any atom is 0.235 e. The van der Waals surface area contributed by atoms with Crippen molar-refractivity contribution < 1.29 is 14.6 Å². The summed E-state index contributed by atoms with van der Waals surface area (Å²) in [6.45, 7) is 0.241. The van der Waals surface area contributed by atoms with Crippen LogP contribution in [-0.4, -0.2) is 44.4 Å². The summed E-state index contributed by atoms with van der Waals surface area (Å²) in [5, 5.41) is 18.3. The van der Waals surface area contributed by atoms with Gasteiger partial charge in [0.05, 0.1) is 36.2 Å². The second kappa shape index (κ2) is 7.94. The lowest BCUT2D eigenvalue weighted by atomic mass is 9.94. The number of carbonyl (C=O) groups is 1. The zero-order valence-electron chi connectivity index (χ0n) is 16.8. The summed E-state index contributed by atoms with van der Waals surface area (Å²) >= 11 is 0. The summed E-state index contributed by atoms with van der Waals surface area (Å²) in [6, 6.07) is 19.2. The number of hydrogen-bond acceptors (Lipinski definition) is 5. The van der Waals surface area contributed by atoms with Crippen molar-refractivity contribution in [1.29, 1.82) is 0 Å². The predicted octanol–water partition coefficient (Wildman–Crippen LogP) is 2.67. The van der Waals surface area contributed by atoms with Crippen LogP contribution < -0.4 is 4.90 Å². The van der Waals surface area contributed by atoms with E-state index in [1.165, 1.54) is 0 Å². The first-order valence-electron chi connectivity index (χ1n) is 10.2. The van der Waals surface area contributed by atoms with E-state index in [4.69, 9.17) is 4.74 Å². The molecule has 0 saturated carbocycles. The summed E-state index contributed by atoms with van der Waals surface area (Å²) in [5.74, 6) is -0.460. The third-order valence-electron chi connectivity index (χ3n) is 5.53. The quantitative estimate of drug-likeness (QED) is 0.664. The van der Waals surface area contributed by atoms with Crippen molar-refractivity contribution in [2.24, 2.45) is 5.92 Å². The summed E-state index contributed by atoms with van der Waals surface area (Å²) in [6.07, 6.45) is 8.32.